The van der Waals surface area contributed by atoms with E-state index in [1.807, 2.05) is 0 Å². The normalized spacial score (nSPS) is 20.7. The third kappa shape index (κ3) is 4.76. The standard InChI is InChI=1S/C13H26N2O3S/c1-11(9-14)10-19(17,18)12(2)13(16)15-7-5-3-4-6-8-15/h11-12H,3-10,14H2,1-2H3. The van der Waals surface area contributed by atoms with Gasteiger partial charge in [0.15, 0.2) is 9.84 Å². The summed E-state index contributed by atoms with van der Waals surface area (Å²) in [4.78, 5) is 14.0. The molecule has 5 nitrogen and oxygen atoms in total. The molecule has 1 saturated heterocycles. The number of likely N-dealkylation sites (tertiary alicyclic amines) is 1. The van der Waals surface area contributed by atoms with E-state index in [-0.39, 0.29) is 17.6 Å². The fraction of sp³-hybridized carbons (Fsp3) is 0.923. The first-order valence-electron chi connectivity index (χ1n) is 7.09. The zero-order valence-corrected chi connectivity index (χ0v) is 12.8. The first-order valence-corrected chi connectivity index (χ1v) is 8.80. The van der Waals surface area contributed by atoms with Gasteiger partial charge in [-0.25, -0.2) is 8.42 Å². The van der Waals surface area contributed by atoms with Crippen molar-refractivity contribution in [3.8, 4) is 0 Å². The average molecular weight is 290 g/mol. The maximum atomic E-state index is 12.3. The van der Waals surface area contributed by atoms with E-state index in [1.54, 1.807) is 11.8 Å². The Morgan fingerprint density at radius 2 is 1.68 bits per heavy atom. The van der Waals surface area contributed by atoms with Gasteiger partial charge in [0.1, 0.15) is 5.25 Å². The lowest BCUT2D eigenvalue weighted by Crippen LogP contribution is -2.43. The lowest BCUT2D eigenvalue weighted by Gasteiger charge is -2.24. The Hall–Kier alpha value is -0.620. The van der Waals surface area contributed by atoms with Gasteiger partial charge in [-0.2, -0.15) is 0 Å². The summed E-state index contributed by atoms with van der Waals surface area (Å²) in [6.07, 6.45) is 4.18. The lowest BCUT2D eigenvalue weighted by atomic mass is 10.2. The quantitative estimate of drug-likeness (QED) is 0.811. The van der Waals surface area contributed by atoms with Gasteiger partial charge in [-0.1, -0.05) is 19.8 Å². The molecule has 2 atom stereocenters. The first-order chi connectivity index (χ1) is 8.88. The highest BCUT2D eigenvalue weighted by Crippen LogP contribution is 2.15. The van der Waals surface area contributed by atoms with Crippen molar-refractivity contribution in [2.75, 3.05) is 25.4 Å². The molecule has 0 bridgehead atoms. The van der Waals surface area contributed by atoms with Crippen LogP contribution in [0.5, 0.6) is 0 Å². The number of carbonyl (C=O) groups is 1. The molecule has 1 rings (SSSR count). The molecule has 0 aromatic carbocycles. The van der Waals surface area contributed by atoms with Crippen LogP contribution in [0, 0.1) is 5.92 Å². The van der Waals surface area contributed by atoms with Crippen LogP contribution in [0.25, 0.3) is 0 Å². The van der Waals surface area contributed by atoms with E-state index < -0.39 is 15.1 Å². The second-order valence-corrected chi connectivity index (χ2v) is 7.92. The Balaban J connectivity index is 2.69. The number of rotatable bonds is 5. The zero-order valence-electron chi connectivity index (χ0n) is 12.0. The zero-order chi connectivity index (χ0) is 14.5. The fourth-order valence-corrected chi connectivity index (χ4v) is 3.98. The molecule has 19 heavy (non-hydrogen) atoms. The second-order valence-electron chi connectivity index (χ2n) is 5.55. The van der Waals surface area contributed by atoms with E-state index in [9.17, 15) is 13.2 Å². The molecule has 0 spiro atoms. The maximum absolute atomic E-state index is 12.3. The van der Waals surface area contributed by atoms with Crippen molar-refractivity contribution in [3.63, 3.8) is 0 Å². The monoisotopic (exact) mass is 290 g/mol. The van der Waals surface area contributed by atoms with Crippen molar-refractivity contribution < 1.29 is 13.2 Å². The van der Waals surface area contributed by atoms with Crippen molar-refractivity contribution in [2.24, 2.45) is 11.7 Å². The van der Waals surface area contributed by atoms with Gasteiger partial charge in [-0.15, -0.1) is 0 Å². The molecular formula is C13H26N2O3S. The largest absolute Gasteiger partial charge is 0.342 e. The van der Waals surface area contributed by atoms with Gasteiger partial charge in [0, 0.05) is 13.1 Å². The Labute approximate surface area is 116 Å². The third-order valence-electron chi connectivity index (χ3n) is 3.72. The number of carbonyl (C=O) groups excluding carboxylic acids is 1. The Morgan fingerprint density at radius 1 is 1.16 bits per heavy atom. The van der Waals surface area contributed by atoms with E-state index in [0.717, 1.165) is 25.7 Å². The Bertz CT molecular complexity index is 387. The minimum atomic E-state index is -3.40. The summed E-state index contributed by atoms with van der Waals surface area (Å²) in [5.74, 6) is -0.361. The van der Waals surface area contributed by atoms with Gasteiger partial charge in [0.05, 0.1) is 5.75 Å². The van der Waals surface area contributed by atoms with Crippen LogP contribution >= 0.6 is 0 Å². The van der Waals surface area contributed by atoms with E-state index in [2.05, 4.69) is 0 Å². The topological polar surface area (TPSA) is 80.5 Å². The van der Waals surface area contributed by atoms with Gasteiger partial charge < -0.3 is 10.6 Å². The van der Waals surface area contributed by atoms with Crippen LogP contribution in [0.4, 0.5) is 0 Å². The van der Waals surface area contributed by atoms with E-state index in [0.29, 0.717) is 19.6 Å². The molecule has 0 aliphatic carbocycles. The summed E-state index contributed by atoms with van der Waals surface area (Å²) >= 11 is 0. The molecule has 1 amide bonds. The fourth-order valence-electron chi connectivity index (χ4n) is 2.31. The average Bonchev–Trinajstić information content (AvgIpc) is 2.65. The van der Waals surface area contributed by atoms with Gasteiger partial charge in [0.2, 0.25) is 5.91 Å². The van der Waals surface area contributed by atoms with Crippen LogP contribution in [-0.2, 0) is 14.6 Å². The Kier molecular flexibility index (Phi) is 6.26. The molecule has 1 aliphatic heterocycles. The van der Waals surface area contributed by atoms with Crippen LogP contribution in [-0.4, -0.2) is 49.9 Å². The highest BCUT2D eigenvalue weighted by molar-refractivity contribution is 7.92. The molecule has 6 heteroatoms. The summed E-state index contributed by atoms with van der Waals surface area (Å²) in [7, 11) is -3.40. The van der Waals surface area contributed by atoms with Crippen molar-refractivity contribution in [1.29, 1.82) is 0 Å². The second kappa shape index (κ2) is 7.24. The smallest absolute Gasteiger partial charge is 0.240 e. The highest BCUT2D eigenvalue weighted by atomic mass is 32.2. The third-order valence-corrected chi connectivity index (χ3v) is 6.04. The van der Waals surface area contributed by atoms with Crippen LogP contribution in [0.3, 0.4) is 0 Å². The maximum Gasteiger partial charge on any atom is 0.240 e. The van der Waals surface area contributed by atoms with Crippen molar-refractivity contribution >= 4 is 15.7 Å². The lowest BCUT2D eigenvalue weighted by molar-refractivity contribution is -0.130. The molecule has 0 aromatic heterocycles. The van der Waals surface area contributed by atoms with Gasteiger partial charge in [-0.3, -0.25) is 4.79 Å². The van der Waals surface area contributed by atoms with E-state index in [1.165, 1.54) is 6.92 Å². The minimum absolute atomic E-state index is 0.00968. The predicted molar refractivity (Wildman–Crippen MR) is 76.5 cm³/mol. The van der Waals surface area contributed by atoms with Crippen LogP contribution in [0.2, 0.25) is 0 Å². The molecule has 2 N–H and O–H groups in total. The number of hydrogen-bond donors (Lipinski definition) is 1. The summed E-state index contributed by atoms with van der Waals surface area (Å²) < 4.78 is 24.3. The molecular weight excluding hydrogens is 264 g/mol. The number of nitrogens with two attached hydrogens (primary N) is 1. The van der Waals surface area contributed by atoms with Gasteiger partial charge >= 0.3 is 0 Å². The molecule has 1 fully saturated rings. The molecule has 2 unspecified atom stereocenters. The molecule has 1 heterocycles. The SMILES string of the molecule is CC(CN)CS(=O)(=O)C(C)C(=O)N1CCCCCC1. The van der Waals surface area contributed by atoms with Crippen molar-refractivity contribution in [3.05, 3.63) is 0 Å². The van der Waals surface area contributed by atoms with E-state index >= 15 is 0 Å². The summed E-state index contributed by atoms with van der Waals surface area (Å²) in [6.45, 7) is 4.99. The van der Waals surface area contributed by atoms with Crippen molar-refractivity contribution in [1.82, 2.24) is 4.90 Å². The number of amides is 1. The van der Waals surface area contributed by atoms with E-state index in [4.69, 9.17) is 5.73 Å². The molecule has 112 valence electrons. The molecule has 0 aromatic rings. The minimum Gasteiger partial charge on any atom is -0.342 e. The highest BCUT2D eigenvalue weighted by Gasteiger charge is 2.32. The van der Waals surface area contributed by atoms with Crippen LogP contribution in [0.15, 0.2) is 0 Å². The van der Waals surface area contributed by atoms with Gasteiger partial charge in [0.25, 0.3) is 0 Å². The summed E-state index contributed by atoms with van der Waals surface area (Å²) in [5.41, 5.74) is 5.46. The van der Waals surface area contributed by atoms with Crippen LogP contribution < -0.4 is 5.73 Å². The van der Waals surface area contributed by atoms with Crippen LogP contribution in [0.1, 0.15) is 39.5 Å². The number of nitrogens with zero attached hydrogens (tertiary/aromatic N) is 1. The number of sulfone groups is 1. The Morgan fingerprint density at radius 3 is 2.16 bits per heavy atom. The van der Waals surface area contributed by atoms with Gasteiger partial charge in [-0.05, 0) is 32.2 Å². The summed E-state index contributed by atoms with van der Waals surface area (Å²) in [6, 6.07) is 0. The van der Waals surface area contributed by atoms with Crippen molar-refractivity contribution in [2.45, 2.75) is 44.8 Å². The molecule has 1 aliphatic rings. The first kappa shape index (κ1) is 16.4. The number of hydrogen-bond acceptors (Lipinski definition) is 4. The predicted octanol–water partition coefficient (Wildman–Crippen LogP) is 0.787. The molecule has 0 saturated carbocycles. The summed E-state index contributed by atoms with van der Waals surface area (Å²) in [5, 5.41) is -0.945. The molecule has 0 radical (unpaired) electrons.